The minimum absolute atomic E-state index is 0.0340. The van der Waals surface area contributed by atoms with Crippen molar-refractivity contribution in [1.29, 1.82) is 0 Å². The van der Waals surface area contributed by atoms with Crippen molar-refractivity contribution in [2.24, 2.45) is 5.92 Å². The fourth-order valence-electron chi connectivity index (χ4n) is 2.87. The van der Waals surface area contributed by atoms with Gasteiger partial charge < -0.3 is 19.8 Å². The van der Waals surface area contributed by atoms with E-state index in [4.69, 9.17) is 0 Å². The maximum absolute atomic E-state index is 12.4. The third-order valence-electron chi connectivity index (χ3n) is 4.60. The van der Waals surface area contributed by atoms with Gasteiger partial charge in [0.1, 0.15) is 0 Å². The van der Waals surface area contributed by atoms with Gasteiger partial charge in [0.25, 0.3) is 0 Å². The molecule has 1 rings (SSSR count). The van der Waals surface area contributed by atoms with Crippen molar-refractivity contribution < 1.29 is 24.6 Å². The Morgan fingerprint density at radius 1 is 0.962 bits per heavy atom. The Morgan fingerprint density at radius 3 is 2.00 bits per heavy atom. The van der Waals surface area contributed by atoms with E-state index in [2.05, 4.69) is 0 Å². The van der Waals surface area contributed by atoms with Crippen LogP contribution in [0, 0.1) is 12.8 Å². The van der Waals surface area contributed by atoms with Gasteiger partial charge in [-0.15, -0.1) is 0 Å². The van der Waals surface area contributed by atoms with Gasteiger partial charge in [-0.25, -0.2) is 0 Å². The maximum atomic E-state index is 12.4. The minimum Gasteiger partial charge on any atom is -0.545 e. The van der Waals surface area contributed by atoms with E-state index in [0.29, 0.717) is 5.56 Å². The predicted octanol–water partition coefficient (Wildman–Crippen LogP) is 1.97. The summed E-state index contributed by atoms with van der Waals surface area (Å²) in [6, 6.07) is 6.68. The molecule has 1 atom stereocenters. The molecule has 0 saturated heterocycles. The monoisotopic (exact) mass is 358 g/mol. The van der Waals surface area contributed by atoms with Crippen molar-refractivity contribution in [2.45, 2.75) is 59.3 Å². The van der Waals surface area contributed by atoms with Gasteiger partial charge in [-0.2, -0.15) is 0 Å². The number of unbranched alkanes of at least 4 members (excludes halogenated alkanes) is 1. The summed E-state index contributed by atoms with van der Waals surface area (Å²) in [4.78, 5) is 35.5. The summed E-state index contributed by atoms with van der Waals surface area (Å²) in [6.45, 7) is 5.84. The number of ketones is 1. The first-order chi connectivity index (χ1) is 12.3. The molecule has 0 aliphatic heterocycles. The average Bonchev–Trinajstić information content (AvgIpc) is 2.60. The molecule has 0 aliphatic rings. The van der Waals surface area contributed by atoms with Gasteiger partial charge in [-0.1, -0.05) is 69.4 Å². The molecule has 0 N–H and O–H groups in total. The maximum Gasteiger partial charge on any atom is 0.167 e. The Bertz CT molecular complexity index is 670. The van der Waals surface area contributed by atoms with Crippen LogP contribution in [0.1, 0.15) is 68.3 Å². The zero-order valence-corrected chi connectivity index (χ0v) is 15.7. The molecule has 0 bridgehead atoms. The summed E-state index contributed by atoms with van der Waals surface area (Å²) < 4.78 is 0. The van der Waals surface area contributed by atoms with E-state index >= 15 is 0 Å². The Morgan fingerprint density at radius 2 is 1.54 bits per heavy atom. The highest BCUT2D eigenvalue weighted by molar-refractivity contribution is 6.06. The lowest BCUT2D eigenvalue weighted by Gasteiger charge is -2.22. The van der Waals surface area contributed by atoms with Crippen LogP contribution in [-0.2, 0) is 9.59 Å². The molecular formula is C21H26O5-2. The van der Waals surface area contributed by atoms with Gasteiger partial charge in [0.15, 0.2) is 5.78 Å². The van der Waals surface area contributed by atoms with Crippen molar-refractivity contribution in [3.63, 3.8) is 0 Å². The number of carboxylic acids is 2. The van der Waals surface area contributed by atoms with E-state index in [1.165, 1.54) is 0 Å². The van der Waals surface area contributed by atoms with E-state index in [9.17, 15) is 24.6 Å². The van der Waals surface area contributed by atoms with E-state index < -0.39 is 29.7 Å². The second kappa shape index (κ2) is 10.5. The van der Waals surface area contributed by atoms with Crippen LogP contribution in [0.2, 0.25) is 0 Å². The minimum atomic E-state index is -1.63. The first kappa shape index (κ1) is 21.6. The van der Waals surface area contributed by atoms with Gasteiger partial charge in [-0.05, 0) is 30.4 Å². The lowest BCUT2D eigenvalue weighted by atomic mass is 9.88. The lowest BCUT2D eigenvalue weighted by molar-refractivity contribution is -0.304. The van der Waals surface area contributed by atoms with Crippen LogP contribution in [0.25, 0.3) is 0 Å². The van der Waals surface area contributed by atoms with Crippen LogP contribution < -0.4 is 10.2 Å². The van der Waals surface area contributed by atoms with Gasteiger partial charge in [0, 0.05) is 12.0 Å². The SMILES string of the molecule is CCCCC(CC)C/C(C(=O)[O-])=C(/CC(=O)c1ccc(C)cc1)C(=O)[O-]. The highest BCUT2D eigenvalue weighted by atomic mass is 16.4. The normalized spacial score (nSPS) is 13.0. The molecular weight excluding hydrogens is 332 g/mol. The molecule has 0 spiro atoms. The fourth-order valence-corrected chi connectivity index (χ4v) is 2.87. The number of rotatable bonds is 11. The van der Waals surface area contributed by atoms with Crippen LogP contribution in [0.5, 0.6) is 0 Å². The zero-order valence-electron chi connectivity index (χ0n) is 15.7. The molecule has 0 radical (unpaired) electrons. The number of hydrogen-bond donors (Lipinski definition) is 0. The third kappa shape index (κ3) is 6.47. The first-order valence-electron chi connectivity index (χ1n) is 9.04. The number of aliphatic carboxylic acids is 2. The molecule has 26 heavy (non-hydrogen) atoms. The molecule has 1 aromatic rings. The van der Waals surface area contributed by atoms with Crippen LogP contribution in [0.3, 0.4) is 0 Å². The highest BCUT2D eigenvalue weighted by Gasteiger charge is 2.18. The summed E-state index contributed by atoms with van der Waals surface area (Å²) in [5.74, 6) is -3.60. The fraction of sp³-hybridized carbons (Fsp3) is 0.476. The summed E-state index contributed by atoms with van der Waals surface area (Å²) >= 11 is 0. The van der Waals surface area contributed by atoms with Crippen LogP contribution in [0.15, 0.2) is 35.4 Å². The van der Waals surface area contributed by atoms with Crippen molar-refractivity contribution in [2.75, 3.05) is 0 Å². The predicted molar refractivity (Wildman–Crippen MR) is 95.1 cm³/mol. The van der Waals surface area contributed by atoms with Gasteiger partial charge in [-0.3, -0.25) is 4.79 Å². The van der Waals surface area contributed by atoms with Gasteiger partial charge >= 0.3 is 0 Å². The molecule has 0 aliphatic carbocycles. The molecule has 0 aromatic heterocycles. The lowest BCUT2D eigenvalue weighted by Crippen LogP contribution is -2.33. The number of carbonyl (C=O) groups is 3. The Hall–Kier alpha value is -2.43. The number of Topliss-reactive ketones (excluding diaryl/α,β-unsaturated/α-hetero) is 1. The smallest absolute Gasteiger partial charge is 0.167 e. The number of benzene rings is 1. The first-order valence-corrected chi connectivity index (χ1v) is 9.04. The van der Waals surface area contributed by atoms with Crippen molar-refractivity contribution >= 4 is 17.7 Å². The standard InChI is InChI=1S/C21H28O5/c1-4-6-7-15(5-2)12-17(20(23)24)18(21(25)26)13-19(22)16-10-8-14(3)9-11-16/h8-11,15H,4-7,12-13H2,1-3H3,(H,23,24)(H,25,26)/p-2/b18-17+. The third-order valence-corrected chi connectivity index (χ3v) is 4.60. The number of aryl methyl sites for hydroxylation is 1. The zero-order chi connectivity index (χ0) is 19.7. The average molecular weight is 358 g/mol. The molecule has 1 aromatic carbocycles. The summed E-state index contributed by atoms with van der Waals surface area (Å²) in [6.07, 6.45) is 2.99. The van der Waals surface area contributed by atoms with Gasteiger partial charge in [0.2, 0.25) is 0 Å². The van der Waals surface area contributed by atoms with E-state index in [0.717, 1.165) is 31.2 Å². The Kier molecular flexibility index (Phi) is 8.76. The van der Waals surface area contributed by atoms with Crippen LogP contribution >= 0.6 is 0 Å². The van der Waals surface area contributed by atoms with E-state index in [1.54, 1.807) is 24.3 Å². The van der Waals surface area contributed by atoms with Crippen LogP contribution in [0.4, 0.5) is 0 Å². The molecule has 0 fully saturated rings. The molecule has 0 amide bonds. The quantitative estimate of drug-likeness (QED) is 0.445. The highest BCUT2D eigenvalue weighted by Crippen LogP contribution is 2.25. The van der Waals surface area contributed by atoms with Crippen LogP contribution in [-0.4, -0.2) is 17.7 Å². The molecule has 0 saturated carbocycles. The Labute approximate surface area is 154 Å². The second-order valence-corrected chi connectivity index (χ2v) is 6.62. The second-order valence-electron chi connectivity index (χ2n) is 6.62. The van der Waals surface area contributed by atoms with E-state index in [-0.39, 0.29) is 17.9 Å². The molecule has 5 heteroatoms. The van der Waals surface area contributed by atoms with Crippen molar-refractivity contribution in [3.8, 4) is 0 Å². The number of carboxylic acid groups (broad SMARTS) is 2. The summed E-state index contributed by atoms with van der Waals surface area (Å²) in [5.41, 5.74) is 0.498. The van der Waals surface area contributed by atoms with Crippen molar-refractivity contribution in [3.05, 3.63) is 46.5 Å². The largest absolute Gasteiger partial charge is 0.545 e. The molecule has 5 nitrogen and oxygen atoms in total. The molecule has 142 valence electrons. The topological polar surface area (TPSA) is 97.3 Å². The number of hydrogen-bond acceptors (Lipinski definition) is 5. The van der Waals surface area contributed by atoms with Gasteiger partial charge in [0.05, 0.1) is 11.9 Å². The van der Waals surface area contributed by atoms with E-state index in [1.807, 2.05) is 20.8 Å². The summed E-state index contributed by atoms with van der Waals surface area (Å²) in [5, 5.41) is 23.1. The summed E-state index contributed by atoms with van der Waals surface area (Å²) in [7, 11) is 0. The Balaban J connectivity index is 3.12. The molecule has 1 unspecified atom stereocenters. The number of carbonyl (C=O) groups excluding carboxylic acids is 3. The van der Waals surface area contributed by atoms with Crippen molar-refractivity contribution in [1.82, 2.24) is 0 Å². The molecule has 0 heterocycles.